The van der Waals surface area contributed by atoms with Crippen LogP contribution in [-0.2, 0) is 5.41 Å². The van der Waals surface area contributed by atoms with Gasteiger partial charge in [0.15, 0.2) is 0 Å². The van der Waals surface area contributed by atoms with Crippen molar-refractivity contribution in [2.75, 3.05) is 4.90 Å². The molecule has 0 aliphatic heterocycles. The molecule has 3 heteroatoms. The van der Waals surface area contributed by atoms with E-state index in [1.807, 2.05) is 17.4 Å². The fourth-order valence-electron chi connectivity index (χ4n) is 9.03. The van der Waals surface area contributed by atoms with Gasteiger partial charge in [-0.15, -0.1) is 11.3 Å². The summed E-state index contributed by atoms with van der Waals surface area (Å²) >= 11 is 1.86. The van der Waals surface area contributed by atoms with Crippen LogP contribution < -0.4 is 4.90 Å². The van der Waals surface area contributed by atoms with Gasteiger partial charge in [0, 0.05) is 53.2 Å². The first kappa shape index (κ1) is 31.1. The summed E-state index contributed by atoms with van der Waals surface area (Å²) < 4.78 is 9.01. The van der Waals surface area contributed by atoms with Gasteiger partial charge in [0.25, 0.3) is 0 Å². The molecule has 2 nitrogen and oxygen atoms in total. The van der Waals surface area contributed by atoms with Gasteiger partial charge in [-0.2, -0.15) is 0 Å². The van der Waals surface area contributed by atoms with Crippen LogP contribution in [-0.4, -0.2) is 0 Å². The maximum atomic E-state index is 6.42. The molecule has 0 N–H and O–H groups in total. The van der Waals surface area contributed by atoms with Crippen LogP contribution in [0, 0.1) is 0 Å². The highest BCUT2D eigenvalue weighted by molar-refractivity contribution is 7.25. The summed E-state index contributed by atoms with van der Waals surface area (Å²) in [5, 5.41) is 4.81. The Bertz CT molecular complexity index is 3110. The fraction of sp³-hybridized carbons (Fsp3) is 0.0588. The molecule has 0 radical (unpaired) electrons. The zero-order chi connectivity index (χ0) is 36.0. The second-order valence-corrected chi connectivity index (χ2v) is 15.9. The highest BCUT2D eigenvalue weighted by Crippen LogP contribution is 2.54. The van der Waals surface area contributed by atoms with E-state index >= 15 is 0 Å². The average Bonchev–Trinajstić information content (AvgIpc) is 3.86. The molecule has 11 rings (SSSR count). The Morgan fingerprint density at radius 2 is 1.02 bits per heavy atom. The summed E-state index contributed by atoms with van der Waals surface area (Å²) in [4.78, 5) is 2.49. The lowest BCUT2D eigenvalue weighted by molar-refractivity contribution is 0.660. The molecule has 0 saturated heterocycles. The summed E-state index contributed by atoms with van der Waals surface area (Å²) in [6.45, 7) is 4.72. The lowest BCUT2D eigenvalue weighted by Gasteiger charge is -2.30. The van der Waals surface area contributed by atoms with E-state index in [4.69, 9.17) is 4.42 Å². The van der Waals surface area contributed by atoms with Crippen molar-refractivity contribution in [3.63, 3.8) is 0 Å². The van der Waals surface area contributed by atoms with Crippen LogP contribution in [0.1, 0.15) is 25.0 Å². The van der Waals surface area contributed by atoms with Gasteiger partial charge >= 0.3 is 0 Å². The van der Waals surface area contributed by atoms with E-state index in [0.29, 0.717) is 0 Å². The topological polar surface area (TPSA) is 16.4 Å². The van der Waals surface area contributed by atoms with Crippen LogP contribution in [0.3, 0.4) is 0 Å². The van der Waals surface area contributed by atoms with Crippen molar-refractivity contribution in [1.29, 1.82) is 0 Å². The number of nitrogens with zero attached hydrogens (tertiary/aromatic N) is 1. The summed E-state index contributed by atoms with van der Waals surface area (Å²) in [7, 11) is 0. The maximum absolute atomic E-state index is 6.42. The van der Waals surface area contributed by atoms with Crippen LogP contribution in [0.4, 0.5) is 17.1 Å². The SMILES string of the molecule is CC1(C)c2ccccc2-c2c(-c3ccccc3N(c3ccc4sc5ccccc5c4c3)c3ccccc3-c3cccc4oc5ccccc5c34)cccc21. The molecule has 0 saturated carbocycles. The standard InChI is InChI=1S/C51H35NOS/c1-51(2)41-22-8-3-18-38(41)49-36(20-13-23-42(49)51)33-15-4-9-24-43(33)52(32-29-30-48-40(31-32)35-17-7-12-28-47(35)54-48)44-25-10-5-16-34(44)37-21-14-27-46-50(37)39-19-6-11-26-45(39)53-46/h3-31H,1-2H3. The molecule has 1 aliphatic rings. The van der Waals surface area contributed by atoms with E-state index in [9.17, 15) is 0 Å². The van der Waals surface area contributed by atoms with Crippen LogP contribution in [0.15, 0.2) is 180 Å². The number of thiophene rings is 1. The largest absolute Gasteiger partial charge is 0.456 e. The molecule has 2 heterocycles. The molecule has 10 aromatic rings. The molecule has 8 aromatic carbocycles. The Hall–Kier alpha value is -6.42. The minimum Gasteiger partial charge on any atom is -0.456 e. The van der Waals surface area contributed by atoms with Crippen LogP contribution in [0.5, 0.6) is 0 Å². The van der Waals surface area contributed by atoms with Crippen molar-refractivity contribution in [3.05, 3.63) is 187 Å². The van der Waals surface area contributed by atoms with Crippen molar-refractivity contribution in [2.45, 2.75) is 19.3 Å². The van der Waals surface area contributed by atoms with E-state index in [2.05, 4.69) is 189 Å². The van der Waals surface area contributed by atoms with Crippen molar-refractivity contribution in [1.82, 2.24) is 0 Å². The maximum Gasteiger partial charge on any atom is 0.136 e. The Labute approximate surface area is 318 Å². The summed E-state index contributed by atoms with van der Waals surface area (Å²) in [5.41, 5.74) is 15.2. The lowest BCUT2D eigenvalue weighted by atomic mass is 9.82. The first-order valence-electron chi connectivity index (χ1n) is 18.6. The first-order valence-corrected chi connectivity index (χ1v) is 19.4. The lowest BCUT2D eigenvalue weighted by Crippen LogP contribution is -2.15. The van der Waals surface area contributed by atoms with E-state index in [-0.39, 0.29) is 5.41 Å². The average molecular weight is 710 g/mol. The number of benzene rings is 8. The van der Waals surface area contributed by atoms with Gasteiger partial charge in [-0.1, -0.05) is 141 Å². The van der Waals surface area contributed by atoms with Gasteiger partial charge in [-0.05, 0) is 81.9 Å². The molecule has 2 aromatic heterocycles. The molecular formula is C51H35NOS. The van der Waals surface area contributed by atoms with E-state index in [0.717, 1.165) is 50.1 Å². The van der Waals surface area contributed by atoms with Gasteiger partial charge in [0.05, 0.1) is 11.4 Å². The third-order valence-corrected chi connectivity index (χ3v) is 12.7. The summed E-state index contributed by atoms with van der Waals surface area (Å²) in [6.07, 6.45) is 0. The van der Waals surface area contributed by atoms with Crippen LogP contribution >= 0.6 is 11.3 Å². The quantitative estimate of drug-likeness (QED) is 0.177. The molecule has 0 amide bonds. The number of fused-ring (bicyclic) bond motifs is 9. The predicted octanol–water partition coefficient (Wildman–Crippen LogP) is 15.1. The number of anilines is 3. The molecule has 0 unspecified atom stereocenters. The van der Waals surface area contributed by atoms with Gasteiger partial charge in [0.1, 0.15) is 11.2 Å². The molecule has 256 valence electrons. The van der Waals surface area contributed by atoms with Gasteiger partial charge in [0.2, 0.25) is 0 Å². The second-order valence-electron chi connectivity index (χ2n) is 14.8. The number of furan rings is 1. The smallest absolute Gasteiger partial charge is 0.136 e. The van der Waals surface area contributed by atoms with Crippen molar-refractivity contribution >= 4 is 70.5 Å². The highest BCUT2D eigenvalue weighted by Gasteiger charge is 2.37. The third-order valence-electron chi connectivity index (χ3n) is 11.5. The Morgan fingerprint density at radius 3 is 1.85 bits per heavy atom. The molecule has 54 heavy (non-hydrogen) atoms. The number of hydrogen-bond acceptors (Lipinski definition) is 3. The third kappa shape index (κ3) is 4.52. The molecule has 0 bridgehead atoms. The zero-order valence-corrected chi connectivity index (χ0v) is 30.8. The predicted molar refractivity (Wildman–Crippen MR) is 230 cm³/mol. The minimum atomic E-state index is -0.0970. The van der Waals surface area contributed by atoms with Gasteiger partial charge < -0.3 is 9.32 Å². The fourth-order valence-corrected chi connectivity index (χ4v) is 10.1. The molecule has 1 aliphatic carbocycles. The van der Waals surface area contributed by atoms with Crippen molar-refractivity contribution < 1.29 is 4.42 Å². The molecule has 0 fully saturated rings. The number of para-hydroxylation sites is 3. The van der Waals surface area contributed by atoms with Crippen LogP contribution in [0.2, 0.25) is 0 Å². The molecule has 0 spiro atoms. The normalized spacial score (nSPS) is 13.1. The monoisotopic (exact) mass is 709 g/mol. The van der Waals surface area contributed by atoms with E-state index in [1.54, 1.807) is 0 Å². The summed E-state index contributed by atoms with van der Waals surface area (Å²) in [6, 6.07) is 64.2. The Balaban J connectivity index is 1.21. The Kier molecular flexibility index (Phi) is 6.80. The highest BCUT2D eigenvalue weighted by atomic mass is 32.1. The number of hydrogen-bond donors (Lipinski definition) is 0. The zero-order valence-electron chi connectivity index (χ0n) is 30.0. The molecule has 0 atom stereocenters. The number of rotatable bonds is 5. The summed E-state index contributed by atoms with van der Waals surface area (Å²) in [5.74, 6) is 0. The minimum absolute atomic E-state index is 0.0970. The second kappa shape index (κ2) is 11.8. The molecular weight excluding hydrogens is 675 g/mol. The first-order chi connectivity index (χ1) is 26.6. The Morgan fingerprint density at radius 1 is 0.444 bits per heavy atom. The van der Waals surface area contributed by atoms with E-state index < -0.39 is 0 Å². The van der Waals surface area contributed by atoms with Gasteiger partial charge in [-0.25, -0.2) is 0 Å². The van der Waals surface area contributed by atoms with Gasteiger partial charge in [-0.3, -0.25) is 0 Å². The van der Waals surface area contributed by atoms with E-state index in [1.165, 1.54) is 53.6 Å². The van der Waals surface area contributed by atoms with Crippen LogP contribution in [0.25, 0.3) is 75.5 Å². The van der Waals surface area contributed by atoms with Crippen molar-refractivity contribution in [3.8, 4) is 33.4 Å². The van der Waals surface area contributed by atoms with Crippen molar-refractivity contribution in [2.24, 2.45) is 0 Å².